The molecule has 1 atom stereocenters. The van der Waals surface area contributed by atoms with Crippen LogP contribution in [0.4, 0.5) is 13.2 Å². The van der Waals surface area contributed by atoms with Crippen molar-refractivity contribution in [2.24, 2.45) is 4.99 Å². The molecule has 1 aliphatic carbocycles. The molecule has 2 heterocycles. The highest BCUT2D eigenvalue weighted by Crippen LogP contribution is 2.36. The second-order valence-electron chi connectivity index (χ2n) is 7.19. The van der Waals surface area contributed by atoms with Gasteiger partial charge in [-0.05, 0) is 55.4 Å². The first-order valence-electron chi connectivity index (χ1n) is 9.22. The Morgan fingerprint density at radius 2 is 2.04 bits per heavy atom. The molecule has 28 heavy (non-hydrogen) atoms. The van der Waals surface area contributed by atoms with Crippen LogP contribution in [0.1, 0.15) is 42.4 Å². The van der Waals surface area contributed by atoms with E-state index in [1.807, 2.05) is 0 Å². The topological polar surface area (TPSA) is 59.0 Å². The molecule has 0 N–H and O–H groups in total. The van der Waals surface area contributed by atoms with E-state index in [-0.39, 0.29) is 23.3 Å². The molecular weight excluding hydrogens is 373 g/mol. The first kappa shape index (κ1) is 18.7. The largest absolute Gasteiger partial charge is 0.491 e. The lowest BCUT2D eigenvalue weighted by Gasteiger charge is -2.30. The number of ether oxygens (including phenoxy) is 1. The van der Waals surface area contributed by atoms with E-state index in [4.69, 9.17) is 4.74 Å². The Morgan fingerprint density at radius 3 is 2.75 bits per heavy atom. The maximum Gasteiger partial charge on any atom is 0.416 e. The number of nitrogens with zero attached hydrogens (tertiary/aromatic N) is 2. The van der Waals surface area contributed by atoms with Crippen LogP contribution in [0.15, 0.2) is 34.5 Å². The summed E-state index contributed by atoms with van der Waals surface area (Å²) in [5, 5.41) is 0. The average Bonchev–Trinajstić information content (AvgIpc) is 3.19. The first-order chi connectivity index (χ1) is 13.3. The minimum absolute atomic E-state index is 0.00325. The van der Waals surface area contributed by atoms with Crippen molar-refractivity contribution in [3.63, 3.8) is 0 Å². The molecule has 0 aromatic heterocycles. The molecule has 148 valence electrons. The number of alkyl halides is 3. The monoisotopic (exact) mass is 392 g/mol. The Balaban J connectivity index is 1.70. The molecule has 8 heteroatoms. The highest BCUT2D eigenvalue weighted by atomic mass is 19.4. The highest BCUT2D eigenvalue weighted by molar-refractivity contribution is 6.16. The zero-order chi connectivity index (χ0) is 20.1. The summed E-state index contributed by atoms with van der Waals surface area (Å²) in [5.41, 5.74) is 0.880. The molecule has 4 rings (SSSR count). The van der Waals surface area contributed by atoms with Gasteiger partial charge in [-0.25, -0.2) is 4.99 Å². The standard InChI is InChI=1S/C20H19F3N2O3/c1-28-17-16(15-4-2-3-9-25(15)19(17)27)18(26)24-14-8-6-11-5-7-12(10-13(11)14)20(21,22)23/h5,7,10,15H,2-4,6,8-9H2,1H3. The predicted molar refractivity (Wildman–Crippen MR) is 94.7 cm³/mol. The van der Waals surface area contributed by atoms with Crippen molar-refractivity contribution < 1.29 is 27.5 Å². The number of amides is 2. The highest BCUT2D eigenvalue weighted by Gasteiger charge is 2.44. The lowest BCUT2D eigenvalue weighted by Crippen LogP contribution is -2.40. The molecule has 0 bridgehead atoms. The van der Waals surface area contributed by atoms with Gasteiger partial charge in [-0.1, -0.05) is 6.07 Å². The molecule has 0 spiro atoms. The summed E-state index contributed by atoms with van der Waals surface area (Å²) in [4.78, 5) is 31.2. The molecule has 0 saturated carbocycles. The Hall–Kier alpha value is -2.64. The summed E-state index contributed by atoms with van der Waals surface area (Å²) in [6.07, 6.45) is -1.14. The van der Waals surface area contributed by atoms with Gasteiger partial charge in [0.1, 0.15) is 0 Å². The van der Waals surface area contributed by atoms with E-state index >= 15 is 0 Å². The third-order valence-electron chi connectivity index (χ3n) is 5.59. The van der Waals surface area contributed by atoms with Crippen LogP contribution in [0.5, 0.6) is 0 Å². The summed E-state index contributed by atoms with van der Waals surface area (Å²) in [5.74, 6) is -0.912. The fraction of sp³-hybridized carbons (Fsp3) is 0.450. The Labute approximate surface area is 159 Å². The zero-order valence-corrected chi connectivity index (χ0v) is 15.3. The number of carbonyl (C=O) groups excluding carboxylic acids is 2. The quantitative estimate of drug-likeness (QED) is 0.776. The number of methoxy groups -OCH3 is 1. The molecule has 2 amide bonds. The lowest BCUT2D eigenvalue weighted by atomic mass is 9.97. The molecule has 1 saturated heterocycles. The number of benzene rings is 1. The van der Waals surface area contributed by atoms with Crippen molar-refractivity contribution >= 4 is 17.5 Å². The van der Waals surface area contributed by atoms with Gasteiger partial charge in [0.15, 0.2) is 5.76 Å². The molecule has 1 aromatic rings. The van der Waals surface area contributed by atoms with Gasteiger partial charge < -0.3 is 9.64 Å². The SMILES string of the molecule is COC1=C(C(=O)N=C2CCc3ccc(C(F)(F)F)cc32)C2CCCCN2C1=O. The number of aliphatic imine (C=N–C) groups is 1. The number of rotatable bonds is 2. The Bertz CT molecular complexity index is 918. The van der Waals surface area contributed by atoms with Gasteiger partial charge in [-0.3, -0.25) is 9.59 Å². The number of halogens is 3. The van der Waals surface area contributed by atoms with E-state index in [9.17, 15) is 22.8 Å². The normalized spacial score (nSPS) is 23.3. The Kier molecular flexibility index (Phi) is 4.51. The number of hydrogen-bond acceptors (Lipinski definition) is 3. The number of hydrogen-bond donors (Lipinski definition) is 0. The summed E-state index contributed by atoms with van der Waals surface area (Å²) in [7, 11) is 1.34. The van der Waals surface area contributed by atoms with Crippen LogP contribution in [0.3, 0.4) is 0 Å². The van der Waals surface area contributed by atoms with Gasteiger partial charge in [-0.15, -0.1) is 0 Å². The predicted octanol–water partition coefficient (Wildman–Crippen LogP) is 3.26. The third kappa shape index (κ3) is 3.00. The number of carbonyl (C=O) groups is 2. The van der Waals surface area contributed by atoms with Crippen molar-refractivity contribution in [3.8, 4) is 0 Å². The van der Waals surface area contributed by atoms with E-state index in [1.165, 1.54) is 13.2 Å². The van der Waals surface area contributed by atoms with Crippen LogP contribution in [0, 0.1) is 0 Å². The molecule has 5 nitrogen and oxygen atoms in total. The second-order valence-corrected chi connectivity index (χ2v) is 7.19. The second kappa shape index (κ2) is 6.76. The van der Waals surface area contributed by atoms with Crippen molar-refractivity contribution in [1.29, 1.82) is 0 Å². The van der Waals surface area contributed by atoms with Crippen LogP contribution in [-0.2, 0) is 26.9 Å². The fourth-order valence-electron chi connectivity index (χ4n) is 4.23. The van der Waals surface area contributed by atoms with Gasteiger partial charge in [0.25, 0.3) is 11.8 Å². The van der Waals surface area contributed by atoms with Crippen LogP contribution in [-0.4, -0.2) is 42.1 Å². The lowest BCUT2D eigenvalue weighted by molar-refractivity contribution is -0.137. The summed E-state index contributed by atoms with van der Waals surface area (Å²) in [6, 6.07) is 3.17. The van der Waals surface area contributed by atoms with E-state index in [0.717, 1.165) is 30.5 Å². The van der Waals surface area contributed by atoms with Gasteiger partial charge in [0, 0.05) is 6.54 Å². The number of piperidine rings is 1. The Morgan fingerprint density at radius 1 is 1.25 bits per heavy atom. The summed E-state index contributed by atoms with van der Waals surface area (Å²) in [6.45, 7) is 0.557. The number of fused-ring (bicyclic) bond motifs is 2. The van der Waals surface area contributed by atoms with Gasteiger partial charge in [0.05, 0.1) is 30.0 Å². The maximum atomic E-state index is 13.0. The fourth-order valence-corrected chi connectivity index (χ4v) is 4.23. The van der Waals surface area contributed by atoms with Gasteiger partial charge in [0.2, 0.25) is 0 Å². The molecule has 1 aromatic carbocycles. The van der Waals surface area contributed by atoms with Crippen LogP contribution >= 0.6 is 0 Å². The van der Waals surface area contributed by atoms with E-state index < -0.39 is 17.6 Å². The molecule has 2 aliphatic heterocycles. The average molecular weight is 392 g/mol. The molecule has 3 aliphatic rings. The molecule has 1 unspecified atom stereocenters. The summed E-state index contributed by atoms with van der Waals surface area (Å²) < 4.78 is 44.3. The van der Waals surface area contributed by atoms with E-state index in [2.05, 4.69) is 4.99 Å². The van der Waals surface area contributed by atoms with Crippen molar-refractivity contribution in [3.05, 3.63) is 46.2 Å². The maximum absolute atomic E-state index is 13.0. The number of aryl methyl sites for hydroxylation is 1. The van der Waals surface area contributed by atoms with E-state index in [1.54, 1.807) is 4.90 Å². The third-order valence-corrected chi connectivity index (χ3v) is 5.59. The summed E-state index contributed by atoms with van der Waals surface area (Å²) >= 11 is 0. The van der Waals surface area contributed by atoms with Crippen molar-refractivity contribution in [2.75, 3.05) is 13.7 Å². The van der Waals surface area contributed by atoms with Crippen LogP contribution in [0.2, 0.25) is 0 Å². The van der Waals surface area contributed by atoms with Gasteiger partial charge >= 0.3 is 6.18 Å². The first-order valence-corrected chi connectivity index (χ1v) is 9.22. The minimum atomic E-state index is -4.46. The van der Waals surface area contributed by atoms with Gasteiger partial charge in [-0.2, -0.15) is 13.2 Å². The van der Waals surface area contributed by atoms with E-state index in [0.29, 0.717) is 37.1 Å². The van der Waals surface area contributed by atoms with Crippen LogP contribution < -0.4 is 0 Å². The zero-order valence-electron chi connectivity index (χ0n) is 15.3. The minimum Gasteiger partial charge on any atom is -0.491 e. The van der Waals surface area contributed by atoms with Crippen LogP contribution in [0.25, 0.3) is 0 Å². The smallest absolute Gasteiger partial charge is 0.416 e. The molecule has 1 fully saturated rings. The van der Waals surface area contributed by atoms with Crippen molar-refractivity contribution in [1.82, 2.24) is 4.90 Å². The van der Waals surface area contributed by atoms with Crippen molar-refractivity contribution in [2.45, 2.75) is 44.3 Å². The molecular formula is C20H19F3N2O3. The molecule has 0 radical (unpaired) electrons.